The predicted molar refractivity (Wildman–Crippen MR) is 127 cm³/mol. The van der Waals surface area contributed by atoms with Crippen molar-refractivity contribution < 1.29 is 22.3 Å². The molecule has 2 heterocycles. The third-order valence-corrected chi connectivity index (χ3v) is 7.24. The maximum Gasteiger partial charge on any atom is 0.271 e. The fraction of sp³-hybridized carbons (Fsp3) is 0.125. The third-order valence-electron chi connectivity index (χ3n) is 5.43. The van der Waals surface area contributed by atoms with E-state index in [0.717, 1.165) is 37.8 Å². The van der Waals surface area contributed by atoms with Crippen LogP contribution in [0.4, 0.5) is 5.69 Å². The average molecular weight is 466 g/mol. The molecule has 1 aliphatic heterocycles. The molecule has 0 spiro atoms. The first-order valence-electron chi connectivity index (χ1n) is 10.1. The molecule has 0 atom stereocenters. The number of benzene rings is 3. The third kappa shape index (κ3) is 4.00. The molecule has 0 aliphatic carbocycles. The van der Waals surface area contributed by atoms with Crippen LogP contribution in [0.1, 0.15) is 5.01 Å². The van der Waals surface area contributed by atoms with E-state index in [-0.39, 0.29) is 12.3 Å². The molecule has 0 bridgehead atoms. The van der Waals surface area contributed by atoms with E-state index in [1.165, 1.54) is 0 Å². The van der Waals surface area contributed by atoms with Gasteiger partial charge < -0.3 is 9.64 Å². The molecule has 32 heavy (non-hydrogen) atoms. The molecule has 4 aromatic rings. The van der Waals surface area contributed by atoms with E-state index in [9.17, 15) is 13.0 Å². The lowest BCUT2D eigenvalue weighted by molar-refractivity contribution is -0.664. The fourth-order valence-electron chi connectivity index (χ4n) is 3.81. The smallest absolute Gasteiger partial charge is 0.271 e. The number of aromatic nitrogens is 1. The monoisotopic (exact) mass is 465 g/mol. The van der Waals surface area contributed by atoms with Gasteiger partial charge in [0.25, 0.3) is 15.1 Å². The average Bonchev–Trinajstić information content (AvgIpc) is 3.29. The van der Waals surface area contributed by atoms with Gasteiger partial charge in [-0.3, -0.25) is 4.55 Å². The molecule has 0 amide bonds. The Morgan fingerprint density at radius 1 is 1.03 bits per heavy atom. The summed E-state index contributed by atoms with van der Waals surface area (Å²) < 4.78 is 41.0. The summed E-state index contributed by atoms with van der Waals surface area (Å²) in [5.74, 6) is 1.06. The van der Waals surface area contributed by atoms with Gasteiger partial charge in [0.05, 0.1) is 11.8 Å². The number of anilines is 1. The van der Waals surface area contributed by atoms with Gasteiger partial charge in [0.15, 0.2) is 12.3 Å². The summed E-state index contributed by atoms with van der Waals surface area (Å²) in [7, 11) is -2.13. The van der Waals surface area contributed by atoms with Crippen molar-refractivity contribution in [3.8, 4) is 16.9 Å². The number of rotatable bonds is 5. The Kier molecular flexibility index (Phi) is 5.21. The molecule has 1 aromatic heterocycles. The number of thiazole rings is 1. The fourth-order valence-corrected chi connectivity index (χ4v) is 5.33. The van der Waals surface area contributed by atoms with E-state index in [1.807, 2.05) is 77.2 Å². The molecule has 8 heteroatoms. The minimum Gasteiger partial charge on any atom is -0.438 e. The molecule has 3 aromatic carbocycles. The lowest BCUT2D eigenvalue weighted by Gasteiger charge is -2.11. The Hall–Kier alpha value is -3.20. The van der Waals surface area contributed by atoms with Crippen molar-refractivity contribution in [3.63, 3.8) is 0 Å². The van der Waals surface area contributed by atoms with Gasteiger partial charge in [-0.2, -0.15) is 13.0 Å². The molecule has 162 valence electrons. The largest absolute Gasteiger partial charge is 0.438 e. The maximum absolute atomic E-state index is 11.4. The van der Waals surface area contributed by atoms with E-state index in [1.54, 1.807) is 11.3 Å². The molecule has 0 radical (unpaired) electrons. The van der Waals surface area contributed by atoms with Crippen LogP contribution >= 0.6 is 11.3 Å². The summed E-state index contributed by atoms with van der Waals surface area (Å²) >= 11 is 1.55. The van der Waals surface area contributed by atoms with Crippen molar-refractivity contribution in [2.24, 2.45) is 0 Å². The van der Waals surface area contributed by atoms with Crippen LogP contribution in [0.15, 0.2) is 78.7 Å². The Bertz CT molecular complexity index is 1440. The first-order valence-corrected chi connectivity index (χ1v) is 12.5. The van der Waals surface area contributed by atoms with Gasteiger partial charge in [-0.25, -0.2) is 0 Å². The molecule has 0 unspecified atom stereocenters. The van der Waals surface area contributed by atoms with E-state index in [4.69, 9.17) is 4.74 Å². The molecule has 1 N–H and O–H groups in total. The zero-order valence-corrected chi connectivity index (χ0v) is 18.9. The number of ether oxygens (including phenoxy) is 1. The van der Waals surface area contributed by atoms with Crippen molar-refractivity contribution in [3.05, 3.63) is 83.7 Å². The highest BCUT2D eigenvalue weighted by Crippen LogP contribution is 2.41. The highest BCUT2D eigenvalue weighted by atomic mass is 32.2. The molecule has 1 aliphatic rings. The Morgan fingerprint density at radius 3 is 2.56 bits per heavy atom. The van der Waals surface area contributed by atoms with Crippen molar-refractivity contribution in [1.29, 1.82) is 0 Å². The molecule has 0 saturated carbocycles. The second-order valence-electron chi connectivity index (χ2n) is 7.54. The van der Waals surface area contributed by atoms with Gasteiger partial charge in [-0.15, -0.1) is 0 Å². The summed E-state index contributed by atoms with van der Waals surface area (Å²) in [5, 5.41) is 0.841. The van der Waals surface area contributed by atoms with Crippen molar-refractivity contribution >= 4 is 43.4 Å². The van der Waals surface area contributed by atoms with Crippen LogP contribution in [-0.4, -0.2) is 25.8 Å². The minimum absolute atomic E-state index is 0.150. The number of aryl methyl sites for hydroxylation is 1. The number of nitrogens with zero attached hydrogens (tertiary/aromatic N) is 2. The van der Waals surface area contributed by atoms with Gasteiger partial charge in [0.2, 0.25) is 11.4 Å². The molecule has 0 saturated heterocycles. The molecule has 5 rings (SSSR count). The van der Waals surface area contributed by atoms with Gasteiger partial charge in [0.1, 0.15) is 10.5 Å². The number of para-hydroxylation sites is 1. The van der Waals surface area contributed by atoms with Gasteiger partial charge in [-0.05, 0) is 29.3 Å². The summed E-state index contributed by atoms with van der Waals surface area (Å²) in [5.41, 5.74) is 4.11. The van der Waals surface area contributed by atoms with Gasteiger partial charge in [-0.1, -0.05) is 59.9 Å². The van der Waals surface area contributed by atoms with Crippen LogP contribution in [0.2, 0.25) is 0 Å². The van der Waals surface area contributed by atoms with E-state index in [0.29, 0.717) is 5.88 Å². The second-order valence-corrected chi connectivity index (χ2v) is 10.2. The Balaban J connectivity index is 1.52. The van der Waals surface area contributed by atoms with Crippen molar-refractivity contribution in [2.75, 3.05) is 17.7 Å². The van der Waals surface area contributed by atoms with Crippen LogP contribution in [0.3, 0.4) is 0 Å². The summed E-state index contributed by atoms with van der Waals surface area (Å²) in [6, 6.07) is 24.1. The van der Waals surface area contributed by atoms with Crippen LogP contribution in [-0.2, 0) is 16.7 Å². The van der Waals surface area contributed by atoms with Crippen molar-refractivity contribution in [2.45, 2.75) is 6.54 Å². The maximum atomic E-state index is 11.4. The van der Waals surface area contributed by atoms with Crippen LogP contribution < -0.4 is 14.2 Å². The first-order chi connectivity index (χ1) is 15.4. The quantitative estimate of drug-likeness (QED) is 0.345. The minimum atomic E-state index is -4.08. The second kappa shape index (κ2) is 8.05. The summed E-state index contributed by atoms with van der Waals surface area (Å²) in [6.45, 7) is 0.150. The predicted octanol–water partition coefficient (Wildman–Crippen LogP) is 4.57. The van der Waals surface area contributed by atoms with E-state index in [2.05, 4.69) is 18.2 Å². The normalized spacial score (nSPS) is 14.7. The molecule has 0 fully saturated rings. The highest BCUT2D eigenvalue weighted by Gasteiger charge is 2.27. The SMILES string of the molecule is CN1/C(=C/c2sc3ccccc3[n+]2CCS(=O)(=O)O)Oc2ccc(-c3ccccc3)cc21. The Labute approximate surface area is 190 Å². The summed E-state index contributed by atoms with van der Waals surface area (Å²) in [4.78, 5) is 1.99. The zero-order valence-electron chi connectivity index (χ0n) is 17.3. The molecular weight excluding hydrogens is 444 g/mol. The topological polar surface area (TPSA) is 70.7 Å². The van der Waals surface area contributed by atoms with Crippen LogP contribution in [0.5, 0.6) is 5.75 Å². The number of hydrogen-bond acceptors (Lipinski definition) is 5. The summed E-state index contributed by atoms with van der Waals surface area (Å²) in [6.07, 6.45) is 1.91. The van der Waals surface area contributed by atoms with E-state index >= 15 is 0 Å². The highest BCUT2D eigenvalue weighted by molar-refractivity contribution is 7.85. The zero-order chi connectivity index (χ0) is 22.3. The molecule has 6 nitrogen and oxygen atoms in total. The van der Waals surface area contributed by atoms with Crippen molar-refractivity contribution in [1.82, 2.24) is 0 Å². The van der Waals surface area contributed by atoms with Crippen LogP contribution in [0.25, 0.3) is 27.4 Å². The molecular formula is C24H21N2O4S2+. The lowest BCUT2D eigenvalue weighted by atomic mass is 10.0. The van der Waals surface area contributed by atoms with Gasteiger partial charge in [0, 0.05) is 13.1 Å². The Morgan fingerprint density at radius 2 is 1.78 bits per heavy atom. The van der Waals surface area contributed by atoms with Crippen LogP contribution in [0, 0.1) is 0 Å². The lowest BCUT2D eigenvalue weighted by Crippen LogP contribution is -2.38. The van der Waals surface area contributed by atoms with E-state index < -0.39 is 10.1 Å². The first kappa shape index (κ1) is 20.7. The van der Waals surface area contributed by atoms with Gasteiger partial charge >= 0.3 is 0 Å². The number of fused-ring (bicyclic) bond motifs is 2. The number of hydrogen-bond donors (Lipinski definition) is 1. The standard InChI is InChI=1S/C24H20N2O4S2/c1-25-20-15-18(17-7-3-2-4-8-17)11-12-21(20)30-23(25)16-24-26(13-14-32(27,28)29)19-9-5-6-10-22(19)31-24/h2-12,15-16H,13-14H2,1H3/p+1.